The molecule has 178 valence electrons. The molecule has 5 rings (SSSR count). The quantitative estimate of drug-likeness (QED) is 0.229. The van der Waals surface area contributed by atoms with E-state index in [9.17, 15) is 14.5 Å². The summed E-state index contributed by atoms with van der Waals surface area (Å²) in [5.74, 6) is 0.399. The van der Waals surface area contributed by atoms with Gasteiger partial charge in [-0.05, 0) is 35.0 Å². The van der Waals surface area contributed by atoms with Crippen LogP contribution in [0.2, 0.25) is 0 Å². The van der Waals surface area contributed by atoms with Gasteiger partial charge in [0.2, 0.25) is 0 Å². The molecule has 1 aromatic carbocycles. The highest BCUT2D eigenvalue weighted by Crippen LogP contribution is 2.34. The van der Waals surface area contributed by atoms with Gasteiger partial charge in [0.15, 0.2) is 11.0 Å². The van der Waals surface area contributed by atoms with Crippen LogP contribution in [-0.4, -0.2) is 61.2 Å². The van der Waals surface area contributed by atoms with E-state index in [1.54, 1.807) is 16.8 Å². The molecule has 1 fully saturated rings. The van der Waals surface area contributed by atoms with Crippen molar-refractivity contribution in [2.75, 3.05) is 36.8 Å². The van der Waals surface area contributed by atoms with Crippen molar-refractivity contribution >= 4 is 48.7 Å². The second-order valence-corrected chi connectivity index (χ2v) is 10.1. The molecule has 1 atom stereocenters. The molecule has 34 heavy (non-hydrogen) atoms. The molecule has 1 aliphatic heterocycles. The lowest BCUT2D eigenvalue weighted by Crippen LogP contribution is -2.48. The number of nitrogens with zero attached hydrogens (tertiary/aromatic N) is 8. The van der Waals surface area contributed by atoms with Crippen molar-refractivity contribution in [3.8, 4) is 0 Å². The van der Waals surface area contributed by atoms with Crippen LogP contribution in [0.25, 0.3) is 10.2 Å². The number of thiophene rings is 1. The third kappa shape index (κ3) is 4.31. The number of benzene rings is 1. The van der Waals surface area contributed by atoms with Crippen LogP contribution in [0.1, 0.15) is 30.1 Å². The molecule has 3 aromatic heterocycles. The van der Waals surface area contributed by atoms with E-state index in [2.05, 4.69) is 37.2 Å². The fourth-order valence-corrected chi connectivity index (χ4v) is 6.03. The normalized spacial score (nSPS) is 15.8. The van der Waals surface area contributed by atoms with Crippen molar-refractivity contribution in [1.29, 1.82) is 0 Å². The van der Waals surface area contributed by atoms with Crippen LogP contribution in [0.15, 0.2) is 24.3 Å². The fraction of sp³-hybridized carbons (Fsp3) is 0.400. The van der Waals surface area contributed by atoms with Gasteiger partial charge in [0, 0.05) is 42.8 Å². The van der Waals surface area contributed by atoms with Crippen LogP contribution >= 0.6 is 22.7 Å². The van der Waals surface area contributed by atoms with Crippen molar-refractivity contribution in [3.63, 3.8) is 0 Å². The molecule has 0 amide bonds. The van der Waals surface area contributed by atoms with Gasteiger partial charge in [0.25, 0.3) is 0 Å². The highest BCUT2D eigenvalue weighted by Gasteiger charge is 2.29. The number of hydrogen-bond donors (Lipinski definition) is 1. The minimum atomic E-state index is -0.391. The lowest BCUT2D eigenvalue weighted by Gasteiger charge is -2.38. The van der Waals surface area contributed by atoms with Gasteiger partial charge in [0.05, 0.1) is 27.7 Å². The van der Waals surface area contributed by atoms with Crippen LogP contribution in [0, 0.1) is 15.9 Å². The van der Waals surface area contributed by atoms with Crippen molar-refractivity contribution in [2.24, 2.45) is 0 Å². The van der Waals surface area contributed by atoms with E-state index in [4.69, 9.17) is 5.73 Å². The summed E-state index contributed by atoms with van der Waals surface area (Å²) in [5, 5.41) is 24.2. The summed E-state index contributed by atoms with van der Waals surface area (Å²) in [5.41, 5.74) is 6.71. The van der Waals surface area contributed by atoms with Gasteiger partial charge >= 0.3 is 5.00 Å². The Kier molecular flexibility index (Phi) is 6.10. The topological polar surface area (TPSA) is 132 Å². The summed E-state index contributed by atoms with van der Waals surface area (Å²) in [6.07, 6.45) is 0.816. The molecule has 0 aliphatic carbocycles. The average Bonchev–Trinajstić information content (AvgIpc) is 3.55. The Morgan fingerprint density at radius 1 is 1.24 bits per heavy atom. The highest BCUT2D eigenvalue weighted by molar-refractivity contribution is 7.22. The summed E-state index contributed by atoms with van der Waals surface area (Å²) in [6, 6.07) is 6.28. The summed E-state index contributed by atoms with van der Waals surface area (Å²) in [4.78, 5) is 20.5. The van der Waals surface area contributed by atoms with Crippen LogP contribution in [-0.2, 0) is 6.54 Å². The van der Waals surface area contributed by atoms with Crippen molar-refractivity contribution < 1.29 is 9.31 Å². The predicted octanol–water partition coefficient (Wildman–Crippen LogP) is 3.30. The van der Waals surface area contributed by atoms with Crippen molar-refractivity contribution in [2.45, 2.75) is 25.9 Å². The third-order valence-electron chi connectivity index (χ3n) is 5.86. The fourth-order valence-electron chi connectivity index (χ4n) is 4.22. The molecule has 11 nitrogen and oxygen atoms in total. The number of fused-ring (bicyclic) bond motifs is 1. The van der Waals surface area contributed by atoms with Gasteiger partial charge in [-0.25, -0.2) is 14.1 Å². The van der Waals surface area contributed by atoms with E-state index in [0.29, 0.717) is 22.4 Å². The van der Waals surface area contributed by atoms with Gasteiger partial charge in [-0.15, -0.1) is 5.10 Å². The second kappa shape index (κ2) is 9.19. The Hall–Kier alpha value is -3.23. The first-order chi connectivity index (χ1) is 16.4. The minimum absolute atomic E-state index is 0.0136. The largest absolute Gasteiger partial charge is 0.399 e. The standard InChI is InChI=1S/C20H22FN9O2S2/c1-2-16(19-24-25-26-29(19)11-13-3-4-17(33-13)30(31)32)27-5-7-28(8-6-27)20-23-15-10-12(22)9-14(21)18(15)34-20/h3-4,9-10,16H,2,5-8,11,22H2,1H3. The van der Waals surface area contributed by atoms with Gasteiger partial charge in [0.1, 0.15) is 5.82 Å². The molecule has 1 unspecified atom stereocenters. The number of nitrogens with two attached hydrogens (primary N) is 1. The minimum Gasteiger partial charge on any atom is -0.399 e. The molecule has 0 bridgehead atoms. The van der Waals surface area contributed by atoms with E-state index in [-0.39, 0.29) is 16.9 Å². The Balaban J connectivity index is 1.28. The maximum absolute atomic E-state index is 14.2. The number of hydrogen-bond acceptors (Lipinski definition) is 11. The molecule has 14 heteroatoms. The predicted molar refractivity (Wildman–Crippen MR) is 129 cm³/mol. The lowest BCUT2D eigenvalue weighted by molar-refractivity contribution is -0.380. The van der Waals surface area contributed by atoms with Crippen LogP contribution < -0.4 is 10.6 Å². The third-order valence-corrected chi connectivity index (χ3v) is 8.02. The molecule has 0 saturated carbocycles. The average molecular weight is 504 g/mol. The molecule has 4 aromatic rings. The van der Waals surface area contributed by atoms with Gasteiger partial charge in [-0.2, -0.15) is 0 Å². The Bertz CT molecular complexity index is 1330. The highest BCUT2D eigenvalue weighted by atomic mass is 32.1. The Labute approximate surface area is 201 Å². The SMILES string of the molecule is CCC(c1nnnn1Cc1ccc([N+](=O)[O-])s1)N1CCN(c2nc3cc(N)cc(F)c3s2)CC1. The number of aromatic nitrogens is 5. The van der Waals surface area contributed by atoms with E-state index in [0.717, 1.165) is 59.8 Å². The molecule has 4 heterocycles. The molecule has 2 N–H and O–H groups in total. The number of halogens is 1. The monoisotopic (exact) mass is 503 g/mol. The second-order valence-electron chi connectivity index (χ2n) is 7.99. The molecule has 0 radical (unpaired) electrons. The zero-order valence-electron chi connectivity index (χ0n) is 18.3. The van der Waals surface area contributed by atoms with E-state index in [1.807, 2.05) is 0 Å². The number of nitrogen functional groups attached to an aromatic ring is 1. The van der Waals surface area contributed by atoms with Crippen LogP contribution in [0.4, 0.5) is 20.2 Å². The van der Waals surface area contributed by atoms with Crippen molar-refractivity contribution in [3.05, 3.63) is 50.9 Å². The zero-order valence-corrected chi connectivity index (χ0v) is 19.9. The molecule has 1 aliphatic rings. The molecular weight excluding hydrogens is 481 g/mol. The molecule has 1 saturated heterocycles. The van der Waals surface area contributed by atoms with Crippen LogP contribution in [0.3, 0.4) is 0 Å². The summed E-state index contributed by atoms with van der Waals surface area (Å²) >= 11 is 2.47. The first-order valence-corrected chi connectivity index (χ1v) is 12.4. The number of nitro groups is 1. The number of rotatable bonds is 7. The van der Waals surface area contributed by atoms with Gasteiger partial charge in [-0.1, -0.05) is 29.6 Å². The smallest absolute Gasteiger partial charge is 0.324 e. The molecular formula is C20H22FN9O2S2. The number of thiazole rings is 1. The summed E-state index contributed by atoms with van der Waals surface area (Å²) in [6.45, 7) is 5.51. The van der Waals surface area contributed by atoms with Gasteiger partial charge < -0.3 is 10.6 Å². The van der Waals surface area contributed by atoms with E-state index < -0.39 is 4.92 Å². The van der Waals surface area contributed by atoms with Crippen LogP contribution in [0.5, 0.6) is 0 Å². The maximum atomic E-state index is 14.2. The maximum Gasteiger partial charge on any atom is 0.324 e. The van der Waals surface area contributed by atoms with E-state index in [1.165, 1.54) is 23.5 Å². The van der Waals surface area contributed by atoms with E-state index >= 15 is 0 Å². The summed E-state index contributed by atoms with van der Waals surface area (Å²) < 4.78 is 16.5. The summed E-state index contributed by atoms with van der Waals surface area (Å²) in [7, 11) is 0. The Morgan fingerprint density at radius 3 is 2.74 bits per heavy atom. The van der Waals surface area contributed by atoms with Gasteiger partial charge in [-0.3, -0.25) is 15.0 Å². The number of anilines is 2. The van der Waals surface area contributed by atoms with Crippen molar-refractivity contribution in [1.82, 2.24) is 30.1 Å². The Morgan fingerprint density at radius 2 is 2.03 bits per heavy atom. The molecule has 0 spiro atoms. The lowest BCUT2D eigenvalue weighted by atomic mass is 10.1. The zero-order chi connectivity index (χ0) is 23.8. The number of piperazine rings is 1. The first kappa shape index (κ1) is 22.6. The number of tetrazole rings is 1. The first-order valence-electron chi connectivity index (χ1n) is 10.8.